The Hall–Kier alpha value is -0.530. The van der Waals surface area contributed by atoms with Crippen molar-refractivity contribution in [2.45, 2.75) is 45.1 Å². The molecular weight excluding hydrogens is 138 g/mol. The minimum Gasteiger partial charge on any atom is -0.353 e. The van der Waals surface area contributed by atoms with Crippen molar-refractivity contribution >= 4 is 5.91 Å². The minimum absolute atomic E-state index is 0.263. The van der Waals surface area contributed by atoms with Crippen molar-refractivity contribution < 1.29 is 4.79 Å². The van der Waals surface area contributed by atoms with Gasteiger partial charge in [0.2, 0.25) is 5.91 Å². The minimum atomic E-state index is 0.263. The average molecular weight is 153 g/mol. The summed E-state index contributed by atoms with van der Waals surface area (Å²) in [5.74, 6) is 0.263. The number of rotatable bonds is 0. The van der Waals surface area contributed by atoms with Gasteiger partial charge in [-0.1, -0.05) is 19.8 Å². The Morgan fingerprint density at radius 1 is 1.55 bits per heavy atom. The highest BCUT2D eigenvalue weighted by Gasteiger charge is 2.43. The molecule has 0 unspecified atom stereocenters. The number of hydrogen-bond donors (Lipinski definition) is 1. The lowest BCUT2D eigenvalue weighted by Crippen LogP contribution is -2.37. The molecule has 0 aromatic heterocycles. The number of fused-ring (bicyclic) bond motifs is 1. The maximum Gasteiger partial charge on any atom is 0.220 e. The first-order valence-corrected chi connectivity index (χ1v) is 4.50. The molecule has 1 saturated carbocycles. The second-order valence-electron chi connectivity index (χ2n) is 4.20. The molecule has 1 N–H and O–H groups in total. The summed E-state index contributed by atoms with van der Waals surface area (Å²) < 4.78 is 0. The van der Waals surface area contributed by atoms with E-state index in [1.807, 2.05) is 0 Å². The van der Waals surface area contributed by atoms with E-state index in [0.29, 0.717) is 11.5 Å². The first-order valence-electron chi connectivity index (χ1n) is 4.50. The van der Waals surface area contributed by atoms with Gasteiger partial charge in [0.15, 0.2) is 0 Å². The SMILES string of the molecule is C[C@]12CCCC[C@H]1NC(=O)C2. The summed E-state index contributed by atoms with van der Waals surface area (Å²) in [5, 5.41) is 3.06. The van der Waals surface area contributed by atoms with Crippen molar-refractivity contribution in [3.8, 4) is 0 Å². The van der Waals surface area contributed by atoms with Gasteiger partial charge in [-0.3, -0.25) is 4.79 Å². The van der Waals surface area contributed by atoms with Crippen LogP contribution in [0.5, 0.6) is 0 Å². The van der Waals surface area contributed by atoms with Gasteiger partial charge in [-0.25, -0.2) is 0 Å². The molecular formula is C9H15NO. The van der Waals surface area contributed by atoms with Crippen LogP contribution in [0.25, 0.3) is 0 Å². The zero-order chi connectivity index (χ0) is 7.90. The van der Waals surface area contributed by atoms with E-state index in [1.165, 1.54) is 25.7 Å². The smallest absolute Gasteiger partial charge is 0.220 e. The van der Waals surface area contributed by atoms with Crippen LogP contribution >= 0.6 is 0 Å². The summed E-state index contributed by atoms with van der Waals surface area (Å²) >= 11 is 0. The van der Waals surface area contributed by atoms with Crippen molar-refractivity contribution in [3.63, 3.8) is 0 Å². The Balaban J connectivity index is 2.17. The summed E-state index contributed by atoms with van der Waals surface area (Å²) in [5.41, 5.74) is 0.301. The number of carbonyl (C=O) groups excluding carboxylic acids is 1. The first kappa shape index (κ1) is 7.14. The Morgan fingerprint density at radius 2 is 2.36 bits per heavy atom. The van der Waals surface area contributed by atoms with E-state index in [4.69, 9.17) is 0 Å². The lowest BCUT2D eigenvalue weighted by atomic mass is 9.72. The molecule has 0 radical (unpaired) electrons. The van der Waals surface area contributed by atoms with E-state index in [2.05, 4.69) is 12.2 Å². The highest BCUT2D eigenvalue weighted by molar-refractivity contribution is 5.79. The van der Waals surface area contributed by atoms with Gasteiger partial charge in [0.25, 0.3) is 0 Å². The topological polar surface area (TPSA) is 29.1 Å². The molecule has 1 aliphatic carbocycles. The van der Waals surface area contributed by atoms with E-state index < -0.39 is 0 Å². The standard InChI is InChI=1S/C9H15NO/c1-9-5-3-2-4-7(9)10-8(11)6-9/h7H,2-6H2,1H3,(H,10,11)/t7-,9-/m1/s1. The lowest BCUT2D eigenvalue weighted by Gasteiger charge is -2.34. The van der Waals surface area contributed by atoms with Crippen LogP contribution in [-0.2, 0) is 4.79 Å². The second kappa shape index (κ2) is 2.23. The molecule has 0 bridgehead atoms. The molecule has 2 nitrogen and oxygen atoms in total. The van der Waals surface area contributed by atoms with Gasteiger partial charge in [-0.2, -0.15) is 0 Å². The fraction of sp³-hybridized carbons (Fsp3) is 0.889. The third-order valence-corrected chi connectivity index (χ3v) is 3.23. The van der Waals surface area contributed by atoms with Gasteiger partial charge in [0, 0.05) is 12.5 Å². The van der Waals surface area contributed by atoms with Gasteiger partial charge in [0.1, 0.15) is 0 Å². The van der Waals surface area contributed by atoms with Gasteiger partial charge in [0.05, 0.1) is 0 Å². The van der Waals surface area contributed by atoms with Gasteiger partial charge >= 0.3 is 0 Å². The Kier molecular flexibility index (Phi) is 1.44. The third kappa shape index (κ3) is 1.05. The number of nitrogens with one attached hydrogen (secondary N) is 1. The average Bonchev–Trinajstić information content (AvgIpc) is 2.22. The van der Waals surface area contributed by atoms with Crippen molar-refractivity contribution in [1.29, 1.82) is 0 Å². The Labute approximate surface area is 67.4 Å². The second-order valence-corrected chi connectivity index (χ2v) is 4.20. The summed E-state index contributed by atoms with van der Waals surface area (Å²) in [6.45, 7) is 2.24. The maximum absolute atomic E-state index is 11.1. The predicted molar refractivity (Wildman–Crippen MR) is 43.1 cm³/mol. The van der Waals surface area contributed by atoms with E-state index in [0.717, 1.165) is 6.42 Å². The largest absolute Gasteiger partial charge is 0.353 e. The molecule has 1 heterocycles. The van der Waals surface area contributed by atoms with Crippen LogP contribution in [0.4, 0.5) is 0 Å². The Morgan fingerprint density at radius 3 is 3.09 bits per heavy atom. The van der Waals surface area contributed by atoms with E-state index >= 15 is 0 Å². The zero-order valence-electron chi connectivity index (χ0n) is 7.02. The number of hydrogen-bond acceptors (Lipinski definition) is 1. The monoisotopic (exact) mass is 153 g/mol. The fourth-order valence-electron chi connectivity index (χ4n) is 2.47. The van der Waals surface area contributed by atoms with Gasteiger partial charge < -0.3 is 5.32 Å². The molecule has 0 spiro atoms. The molecule has 2 heteroatoms. The highest BCUT2D eigenvalue weighted by atomic mass is 16.2. The normalized spacial score (nSPS) is 43.4. The predicted octanol–water partition coefficient (Wildman–Crippen LogP) is 1.46. The number of amides is 1. The molecule has 0 aromatic rings. The molecule has 11 heavy (non-hydrogen) atoms. The van der Waals surface area contributed by atoms with Crippen molar-refractivity contribution in [1.82, 2.24) is 5.32 Å². The van der Waals surface area contributed by atoms with Crippen LogP contribution in [0, 0.1) is 5.41 Å². The molecule has 2 aliphatic rings. The lowest BCUT2D eigenvalue weighted by molar-refractivity contribution is -0.119. The molecule has 2 atom stereocenters. The van der Waals surface area contributed by atoms with Crippen LogP contribution in [0.15, 0.2) is 0 Å². The van der Waals surface area contributed by atoms with Crippen molar-refractivity contribution in [2.75, 3.05) is 0 Å². The van der Waals surface area contributed by atoms with Crippen LogP contribution in [0.3, 0.4) is 0 Å². The zero-order valence-corrected chi connectivity index (χ0v) is 7.02. The number of carbonyl (C=O) groups is 1. The van der Waals surface area contributed by atoms with Gasteiger partial charge in [-0.05, 0) is 18.3 Å². The molecule has 0 aromatic carbocycles. The van der Waals surface area contributed by atoms with E-state index in [1.54, 1.807) is 0 Å². The molecule has 62 valence electrons. The summed E-state index contributed by atoms with van der Waals surface area (Å²) in [7, 11) is 0. The van der Waals surface area contributed by atoms with Crippen LogP contribution < -0.4 is 5.32 Å². The highest BCUT2D eigenvalue weighted by Crippen LogP contribution is 2.42. The summed E-state index contributed by atoms with van der Waals surface area (Å²) in [4.78, 5) is 11.1. The van der Waals surface area contributed by atoms with Crippen molar-refractivity contribution in [2.24, 2.45) is 5.41 Å². The van der Waals surface area contributed by atoms with Crippen LogP contribution in [0.2, 0.25) is 0 Å². The molecule has 2 rings (SSSR count). The molecule has 1 amide bonds. The quantitative estimate of drug-likeness (QED) is 0.560. The van der Waals surface area contributed by atoms with Crippen LogP contribution in [0.1, 0.15) is 39.0 Å². The maximum atomic E-state index is 11.1. The molecule has 2 fully saturated rings. The summed E-state index contributed by atoms with van der Waals surface area (Å²) in [6, 6.07) is 0.490. The molecule has 1 saturated heterocycles. The summed E-state index contributed by atoms with van der Waals surface area (Å²) in [6.07, 6.45) is 5.79. The van der Waals surface area contributed by atoms with Gasteiger partial charge in [-0.15, -0.1) is 0 Å². The van der Waals surface area contributed by atoms with E-state index in [9.17, 15) is 4.79 Å². The molecule has 1 aliphatic heterocycles. The fourth-order valence-corrected chi connectivity index (χ4v) is 2.47. The first-order chi connectivity index (χ1) is 5.21. The Bertz CT molecular complexity index is 190. The van der Waals surface area contributed by atoms with E-state index in [-0.39, 0.29) is 5.91 Å². The third-order valence-electron chi connectivity index (χ3n) is 3.23. The van der Waals surface area contributed by atoms with Crippen LogP contribution in [-0.4, -0.2) is 11.9 Å². The van der Waals surface area contributed by atoms with Crippen molar-refractivity contribution in [3.05, 3.63) is 0 Å².